The molecule has 172 valence electrons. The first kappa shape index (κ1) is 21.0. The molecule has 0 unspecified atom stereocenters. The van der Waals surface area contributed by atoms with Crippen LogP contribution in [0.15, 0.2) is 84.0 Å². The molecule has 0 saturated carbocycles. The van der Waals surface area contributed by atoms with Crippen LogP contribution in [-0.2, 0) is 0 Å². The first-order valence-corrected chi connectivity index (χ1v) is 12.4. The molecule has 36 heavy (non-hydrogen) atoms. The normalized spacial score (nSPS) is 18.7. The second-order valence-electron chi connectivity index (χ2n) is 10.1. The first-order valence-electron chi connectivity index (χ1n) is 12.4. The molecule has 0 radical (unpaired) electrons. The third kappa shape index (κ3) is 2.46. The monoisotopic (exact) mass is 464 g/mol. The van der Waals surface area contributed by atoms with E-state index in [2.05, 4.69) is 38.5 Å². The maximum absolute atomic E-state index is 13.5. The predicted molar refractivity (Wildman–Crippen MR) is 149 cm³/mol. The van der Waals surface area contributed by atoms with Crippen molar-refractivity contribution < 1.29 is 9.59 Å². The Kier molecular flexibility index (Phi) is 4.15. The van der Waals surface area contributed by atoms with Crippen molar-refractivity contribution in [1.29, 1.82) is 0 Å². The lowest BCUT2D eigenvalue weighted by atomic mass is 9.74. The summed E-state index contributed by atoms with van der Waals surface area (Å²) in [7, 11) is 0. The Bertz CT molecular complexity index is 1780. The standard InChI is InChI=1S/C34H24O2/c1-17-18(2)30-24(14-16-28-32(30)20(4)22-10-6-8-12-26(22)34(28)36)23-13-15-27-31(29(17)23)19(3)21-9-5-7-11-25(21)33(27)35/h7-8,11-16H,1-6,9-10H2. The summed E-state index contributed by atoms with van der Waals surface area (Å²) in [6, 6.07) is 7.87. The van der Waals surface area contributed by atoms with Crippen LogP contribution < -0.4 is 10.4 Å². The highest BCUT2D eigenvalue weighted by atomic mass is 16.1. The van der Waals surface area contributed by atoms with Gasteiger partial charge in [0.05, 0.1) is 0 Å². The second-order valence-corrected chi connectivity index (χ2v) is 10.1. The average molecular weight is 465 g/mol. The van der Waals surface area contributed by atoms with E-state index in [0.29, 0.717) is 11.1 Å². The minimum atomic E-state index is 0.0459. The van der Waals surface area contributed by atoms with Gasteiger partial charge in [0.25, 0.3) is 0 Å². The van der Waals surface area contributed by atoms with Crippen molar-refractivity contribution in [2.45, 2.75) is 25.7 Å². The highest BCUT2D eigenvalue weighted by Crippen LogP contribution is 2.45. The van der Waals surface area contributed by atoms with Crippen LogP contribution in [0.3, 0.4) is 0 Å². The molecule has 0 bridgehead atoms. The second kappa shape index (κ2) is 7.11. The van der Waals surface area contributed by atoms with Gasteiger partial charge < -0.3 is 0 Å². The van der Waals surface area contributed by atoms with Crippen LogP contribution in [-0.4, -0.2) is 11.6 Å². The lowest BCUT2D eigenvalue weighted by Gasteiger charge is -2.28. The Balaban J connectivity index is 1.59. The summed E-state index contributed by atoms with van der Waals surface area (Å²) >= 11 is 0. The number of hydrogen-bond acceptors (Lipinski definition) is 2. The topological polar surface area (TPSA) is 34.1 Å². The number of hydrogen-bond donors (Lipinski definition) is 0. The maximum atomic E-state index is 13.5. The fourth-order valence-electron chi connectivity index (χ4n) is 6.56. The van der Waals surface area contributed by atoms with E-state index in [4.69, 9.17) is 0 Å². The summed E-state index contributed by atoms with van der Waals surface area (Å²) in [6.07, 6.45) is 11.4. The van der Waals surface area contributed by atoms with E-state index in [1.54, 1.807) is 0 Å². The van der Waals surface area contributed by atoms with Crippen molar-refractivity contribution in [2.24, 2.45) is 0 Å². The van der Waals surface area contributed by atoms with Gasteiger partial charge in [-0.05, 0) is 92.1 Å². The quantitative estimate of drug-likeness (QED) is 0.355. The van der Waals surface area contributed by atoms with E-state index < -0.39 is 0 Å². The number of rotatable bonds is 0. The van der Waals surface area contributed by atoms with Crippen molar-refractivity contribution in [1.82, 2.24) is 0 Å². The zero-order valence-corrected chi connectivity index (χ0v) is 20.1. The summed E-state index contributed by atoms with van der Waals surface area (Å²) in [6.45, 7) is 17.8. The molecule has 0 amide bonds. The van der Waals surface area contributed by atoms with Gasteiger partial charge in [0.15, 0.2) is 11.6 Å². The molecule has 0 heterocycles. The predicted octanol–water partition coefficient (Wildman–Crippen LogP) is 6.53. The molecule has 4 aliphatic carbocycles. The third-order valence-electron chi connectivity index (χ3n) is 8.32. The molecule has 3 aromatic rings. The van der Waals surface area contributed by atoms with Crippen LogP contribution in [0.5, 0.6) is 0 Å². The molecule has 3 aromatic carbocycles. The lowest BCUT2D eigenvalue weighted by Crippen LogP contribution is -2.28. The molecule has 7 rings (SSSR count). The van der Waals surface area contributed by atoms with Gasteiger partial charge >= 0.3 is 0 Å². The number of carbonyl (C=O) groups excluding carboxylic acids is 2. The Morgan fingerprint density at radius 3 is 1.42 bits per heavy atom. The molecule has 0 aromatic heterocycles. The van der Waals surface area contributed by atoms with Crippen LogP contribution in [0.25, 0.3) is 45.8 Å². The van der Waals surface area contributed by atoms with E-state index >= 15 is 0 Å². The molecule has 0 fully saturated rings. The van der Waals surface area contributed by atoms with Gasteiger partial charge in [0.1, 0.15) is 0 Å². The Morgan fingerprint density at radius 1 is 0.583 bits per heavy atom. The largest absolute Gasteiger partial charge is 0.289 e. The Hall–Kier alpha value is -4.30. The van der Waals surface area contributed by atoms with Gasteiger partial charge in [-0.2, -0.15) is 0 Å². The smallest absolute Gasteiger partial charge is 0.193 e. The Labute approximate surface area is 209 Å². The van der Waals surface area contributed by atoms with Crippen molar-refractivity contribution >= 4 is 57.4 Å². The molecule has 0 saturated heterocycles. The number of benzene rings is 3. The molecule has 0 N–H and O–H groups in total. The number of carbonyl (C=O) groups is 2. The van der Waals surface area contributed by atoms with Gasteiger partial charge in [-0.1, -0.05) is 62.8 Å². The number of ketones is 2. The van der Waals surface area contributed by atoms with Crippen molar-refractivity contribution in [2.75, 3.05) is 0 Å². The van der Waals surface area contributed by atoms with E-state index in [1.807, 2.05) is 36.4 Å². The summed E-state index contributed by atoms with van der Waals surface area (Å²) in [5.74, 6) is 0.0918. The average Bonchev–Trinajstić information content (AvgIpc) is 2.92. The van der Waals surface area contributed by atoms with Crippen LogP contribution in [0.2, 0.25) is 0 Å². The van der Waals surface area contributed by atoms with E-state index in [0.717, 1.165) is 102 Å². The van der Waals surface area contributed by atoms with Crippen LogP contribution in [0, 0.1) is 0 Å². The zero-order valence-electron chi connectivity index (χ0n) is 20.1. The number of fused-ring (bicyclic) bond motifs is 7. The van der Waals surface area contributed by atoms with Crippen molar-refractivity contribution in [3.05, 3.63) is 117 Å². The fourth-order valence-corrected chi connectivity index (χ4v) is 6.56. The number of Topliss-reactive ketones (excluding diaryl/α,β-unsaturated/α-hetero) is 2. The molecular weight excluding hydrogens is 440 g/mol. The van der Waals surface area contributed by atoms with Gasteiger partial charge in [-0.15, -0.1) is 0 Å². The van der Waals surface area contributed by atoms with Crippen LogP contribution in [0.4, 0.5) is 0 Å². The van der Waals surface area contributed by atoms with Gasteiger partial charge in [-0.3, -0.25) is 9.59 Å². The third-order valence-corrected chi connectivity index (χ3v) is 8.32. The molecule has 0 spiro atoms. The highest BCUT2D eigenvalue weighted by molar-refractivity contribution is 6.27. The number of allylic oxidation sites excluding steroid dienone is 10. The molecular formula is C34H24O2. The summed E-state index contributed by atoms with van der Waals surface area (Å²) in [5.41, 5.74) is 8.47. The van der Waals surface area contributed by atoms with E-state index in [9.17, 15) is 9.59 Å². The highest BCUT2D eigenvalue weighted by Gasteiger charge is 2.32. The molecule has 2 heteroatoms. The van der Waals surface area contributed by atoms with Gasteiger partial charge in [0, 0.05) is 33.4 Å². The minimum absolute atomic E-state index is 0.0459. The maximum Gasteiger partial charge on any atom is 0.193 e. The summed E-state index contributed by atoms with van der Waals surface area (Å²) < 4.78 is 0. The molecule has 0 aliphatic heterocycles. The van der Waals surface area contributed by atoms with E-state index in [1.165, 1.54) is 0 Å². The summed E-state index contributed by atoms with van der Waals surface area (Å²) in [4.78, 5) is 26.9. The van der Waals surface area contributed by atoms with Crippen molar-refractivity contribution in [3.63, 3.8) is 0 Å². The van der Waals surface area contributed by atoms with Crippen LogP contribution in [0.1, 0.15) is 57.5 Å². The Morgan fingerprint density at radius 2 is 1.00 bits per heavy atom. The fraction of sp³-hybridized carbons (Fsp3) is 0.118. The van der Waals surface area contributed by atoms with E-state index in [-0.39, 0.29) is 11.6 Å². The van der Waals surface area contributed by atoms with Gasteiger partial charge in [0.2, 0.25) is 0 Å². The van der Waals surface area contributed by atoms with Gasteiger partial charge in [-0.25, -0.2) is 0 Å². The van der Waals surface area contributed by atoms with Crippen molar-refractivity contribution in [3.8, 4) is 0 Å². The summed E-state index contributed by atoms with van der Waals surface area (Å²) in [5, 5.41) is 5.40. The lowest BCUT2D eigenvalue weighted by molar-refractivity contribution is 0.102. The molecule has 0 atom stereocenters. The van der Waals surface area contributed by atoms with Crippen LogP contribution >= 0.6 is 0 Å². The molecule has 2 nitrogen and oxygen atoms in total. The SMILES string of the molecule is C=C1C2=C(C=CCC2)C(=O)c2ccc3c(c21)c(=C)c(=C)c1c2c(ccc13)C(=O)C1=C(CCC=C1)C2=C. The first-order chi connectivity index (χ1) is 17.4. The zero-order chi connectivity index (χ0) is 24.9. The molecule has 4 aliphatic rings. The minimum Gasteiger partial charge on any atom is -0.289 e.